The first-order valence-electron chi connectivity index (χ1n) is 9.25. The third-order valence-corrected chi connectivity index (χ3v) is 4.68. The first-order valence-corrected chi connectivity index (χ1v) is 10.1. The third kappa shape index (κ3) is 7.10. The zero-order valence-corrected chi connectivity index (χ0v) is 17.9. The Morgan fingerprint density at radius 1 is 1.30 bits per heavy atom. The molecule has 1 N–H and O–H groups in total. The van der Waals surface area contributed by atoms with Crippen molar-refractivity contribution in [3.8, 4) is 0 Å². The van der Waals surface area contributed by atoms with Crippen molar-refractivity contribution in [3.63, 3.8) is 0 Å². The average Bonchev–Trinajstić information content (AvgIpc) is 3.02. The number of amides is 2. The molecule has 0 aromatic carbocycles. The Balaban J connectivity index is 2.07. The zero-order valence-electron chi connectivity index (χ0n) is 17.1. The maximum absolute atomic E-state index is 12.8. The standard InChI is InChI=1S/C19H31N3O4S/c1-18(2,3)21-16(23)15-9-13(25-11-14-10-20-12-27-14)7-8-22(15)17(24)26-19(4,5)6/h10,12-13,15H,7-9,11H2,1-6H3,(H,21,23). The van der Waals surface area contributed by atoms with Crippen molar-refractivity contribution in [1.29, 1.82) is 0 Å². The van der Waals surface area contributed by atoms with Gasteiger partial charge in [0.15, 0.2) is 0 Å². The quantitative estimate of drug-likeness (QED) is 0.843. The molecule has 0 radical (unpaired) electrons. The Kier molecular flexibility index (Phi) is 6.86. The minimum absolute atomic E-state index is 0.0958. The first kappa shape index (κ1) is 21.6. The van der Waals surface area contributed by atoms with E-state index >= 15 is 0 Å². The van der Waals surface area contributed by atoms with Crippen LogP contribution in [0.3, 0.4) is 0 Å². The molecule has 2 amide bonds. The molecule has 0 aliphatic carbocycles. The fourth-order valence-corrected chi connectivity index (χ4v) is 3.35. The number of ether oxygens (including phenoxy) is 2. The summed E-state index contributed by atoms with van der Waals surface area (Å²) in [6.07, 6.45) is 2.33. The van der Waals surface area contributed by atoms with Gasteiger partial charge in [-0.25, -0.2) is 4.79 Å². The van der Waals surface area contributed by atoms with Crippen LogP contribution in [0.25, 0.3) is 0 Å². The summed E-state index contributed by atoms with van der Waals surface area (Å²) < 4.78 is 11.5. The Hall–Kier alpha value is -1.67. The first-order chi connectivity index (χ1) is 12.4. The second kappa shape index (κ2) is 8.56. The monoisotopic (exact) mass is 397 g/mol. The van der Waals surface area contributed by atoms with Crippen molar-refractivity contribution < 1.29 is 19.1 Å². The molecule has 1 fully saturated rings. The number of piperidine rings is 1. The molecule has 1 aromatic rings. The molecule has 1 aliphatic heterocycles. The van der Waals surface area contributed by atoms with E-state index in [0.717, 1.165) is 4.88 Å². The predicted molar refractivity (Wildman–Crippen MR) is 105 cm³/mol. The molecule has 27 heavy (non-hydrogen) atoms. The lowest BCUT2D eigenvalue weighted by Crippen LogP contribution is -2.58. The third-order valence-electron chi connectivity index (χ3n) is 3.93. The Morgan fingerprint density at radius 3 is 2.56 bits per heavy atom. The van der Waals surface area contributed by atoms with E-state index in [1.807, 2.05) is 41.5 Å². The van der Waals surface area contributed by atoms with Gasteiger partial charge in [0.1, 0.15) is 11.6 Å². The number of rotatable bonds is 4. The molecule has 2 unspecified atom stereocenters. The van der Waals surface area contributed by atoms with Crippen molar-refractivity contribution in [2.75, 3.05) is 6.54 Å². The summed E-state index contributed by atoms with van der Waals surface area (Å²) in [5.41, 5.74) is 0.776. The zero-order chi connectivity index (χ0) is 20.2. The number of carbonyl (C=O) groups is 2. The maximum Gasteiger partial charge on any atom is 0.410 e. The highest BCUT2D eigenvalue weighted by atomic mass is 32.1. The number of carbonyl (C=O) groups excluding carboxylic acids is 2. The lowest BCUT2D eigenvalue weighted by atomic mass is 9.97. The van der Waals surface area contributed by atoms with Gasteiger partial charge in [-0.1, -0.05) is 0 Å². The number of nitrogens with one attached hydrogen (secondary N) is 1. The minimum atomic E-state index is -0.612. The summed E-state index contributed by atoms with van der Waals surface area (Å²) in [4.78, 5) is 32.1. The summed E-state index contributed by atoms with van der Waals surface area (Å²) in [6.45, 7) is 12.1. The second-order valence-electron chi connectivity index (χ2n) is 8.85. The van der Waals surface area contributed by atoms with Gasteiger partial charge in [0.2, 0.25) is 5.91 Å². The van der Waals surface area contributed by atoms with Crippen molar-refractivity contribution in [3.05, 3.63) is 16.6 Å². The van der Waals surface area contributed by atoms with Gasteiger partial charge in [-0.2, -0.15) is 0 Å². The molecule has 2 atom stereocenters. The van der Waals surface area contributed by atoms with Crippen LogP contribution in [-0.4, -0.2) is 51.7 Å². The molecule has 2 heterocycles. The molecule has 7 nitrogen and oxygen atoms in total. The summed E-state index contributed by atoms with van der Waals surface area (Å²) in [6, 6.07) is -0.612. The van der Waals surface area contributed by atoms with Gasteiger partial charge in [-0.3, -0.25) is 14.7 Å². The lowest BCUT2D eigenvalue weighted by Gasteiger charge is -2.40. The molecule has 2 rings (SSSR count). The SMILES string of the molecule is CC(C)(C)NC(=O)C1CC(OCc2cncs2)CCN1C(=O)OC(C)(C)C. The molecular formula is C19H31N3O4S. The van der Waals surface area contributed by atoms with Gasteiger partial charge >= 0.3 is 6.09 Å². The topological polar surface area (TPSA) is 80.8 Å². The van der Waals surface area contributed by atoms with Crippen LogP contribution in [0.2, 0.25) is 0 Å². The average molecular weight is 398 g/mol. The summed E-state index contributed by atoms with van der Waals surface area (Å²) >= 11 is 1.54. The van der Waals surface area contributed by atoms with Crippen LogP contribution < -0.4 is 5.32 Å². The van der Waals surface area contributed by atoms with Gasteiger partial charge in [-0.15, -0.1) is 11.3 Å². The fourth-order valence-electron chi connectivity index (χ4n) is 2.84. The van der Waals surface area contributed by atoms with E-state index in [4.69, 9.17) is 9.47 Å². The highest BCUT2D eigenvalue weighted by Gasteiger charge is 2.39. The second-order valence-corrected chi connectivity index (χ2v) is 9.82. The van der Waals surface area contributed by atoms with Gasteiger partial charge in [0, 0.05) is 24.7 Å². The van der Waals surface area contributed by atoms with Crippen LogP contribution in [0.5, 0.6) is 0 Å². The van der Waals surface area contributed by atoms with E-state index in [0.29, 0.717) is 26.0 Å². The molecule has 0 spiro atoms. The molecule has 1 saturated heterocycles. The molecule has 1 aliphatic rings. The summed E-state index contributed by atoms with van der Waals surface area (Å²) in [7, 11) is 0. The summed E-state index contributed by atoms with van der Waals surface area (Å²) in [5.74, 6) is -0.181. The molecule has 8 heteroatoms. The van der Waals surface area contributed by atoms with Crippen molar-refractivity contribution >= 4 is 23.3 Å². The van der Waals surface area contributed by atoms with E-state index in [1.165, 1.54) is 16.2 Å². The van der Waals surface area contributed by atoms with Crippen LogP contribution in [0.4, 0.5) is 4.79 Å². The molecular weight excluding hydrogens is 366 g/mol. The lowest BCUT2D eigenvalue weighted by molar-refractivity contribution is -0.132. The predicted octanol–water partition coefficient (Wildman–Crippen LogP) is 3.34. The normalized spacial score (nSPS) is 21.0. The van der Waals surface area contributed by atoms with Gasteiger partial charge < -0.3 is 14.8 Å². The fraction of sp³-hybridized carbons (Fsp3) is 0.737. The van der Waals surface area contributed by atoms with E-state index in [1.54, 1.807) is 11.7 Å². The van der Waals surface area contributed by atoms with Crippen LogP contribution in [-0.2, 0) is 20.9 Å². The smallest absolute Gasteiger partial charge is 0.410 e. The van der Waals surface area contributed by atoms with Crippen LogP contribution in [0.15, 0.2) is 11.7 Å². The van der Waals surface area contributed by atoms with Crippen molar-refractivity contribution in [1.82, 2.24) is 15.2 Å². The van der Waals surface area contributed by atoms with Crippen LogP contribution >= 0.6 is 11.3 Å². The molecule has 0 saturated carbocycles. The Morgan fingerprint density at radius 2 is 2.00 bits per heavy atom. The highest BCUT2D eigenvalue weighted by molar-refractivity contribution is 7.09. The largest absolute Gasteiger partial charge is 0.444 e. The van der Waals surface area contributed by atoms with E-state index in [9.17, 15) is 9.59 Å². The number of likely N-dealkylation sites (tertiary alicyclic amines) is 1. The maximum atomic E-state index is 12.8. The Bertz CT molecular complexity index is 634. The number of hydrogen-bond acceptors (Lipinski definition) is 6. The van der Waals surface area contributed by atoms with Crippen LogP contribution in [0, 0.1) is 0 Å². The molecule has 152 valence electrons. The molecule has 0 bridgehead atoms. The number of hydrogen-bond donors (Lipinski definition) is 1. The van der Waals surface area contributed by atoms with E-state index in [2.05, 4.69) is 10.3 Å². The van der Waals surface area contributed by atoms with Gasteiger partial charge in [-0.05, 0) is 48.0 Å². The number of thiazole rings is 1. The van der Waals surface area contributed by atoms with Gasteiger partial charge in [0.25, 0.3) is 0 Å². The van der Waals surface area contributed by atoms with E-state index in [-0.39, 0.29) is 17.6 Å². The van der Waals surface area contributed by atoms with E-state index < -0.39 is 17.7 Å². The highest BCUT2D eigenvalue weighted by Crippen LogP contribution is 2.25. The molecule has 1 aromatic heterocycles. The summed E-state index contributed by atoms with van der Waals surface area (Å²) in [5, 5.41) is 2.97. The van der Waals surface area contributed by atoms with Crippen molar-refractivity contribution in [2.45, 2.75) is 84.3 Å². The van der Waals surface area contributed by atoms with Gasteiger partial charge in [0.05, 0.1) is 23.1 Å². The minimum Gasteiger partial charge on any atom is -0.444 e. The van der Waals surface area contributed by atoms with Crippen molar-refractivity contribution in [2.24, 2.45) is 0 Å². The van der Waals surface area contributed by atoms with Crippen LogP contribution in [0.1, 0.15) is 59.3 Å². The number of aromatic nitrogens is 1. The number of nitrogens with zero attached hydrogens (tertiary/aromatic N) is 2. The Labute approximate surface area is 165 Å².